The van der Waals surface area contributed by atoms with Gasteiger partial charge in [-0.3, -0.25) is 4.79 Å². The molecule has 0 fully saturated rings. The molecule has 2 aromatic carbocycles. The largest absolute Gasteiger partial charge is 0.508 e. The summed E-state index contributed by atoms with van der Waals surface area (Å²) in [6, 6.07) is 10.1. The average Bonchev–Trinajstić information content (AvgIpc) is 2.46. The smallest absolute Gasteiger partial charge is 0.388 e. The zero-order valence-corrected chi connectivity index (χ0v) is 14.5. The minimum Gasteiger partial charge on any atom is -0.508 e. The van der Waals surface area contributed by atoms with Crippen molar-refractivity contribution in [2.75, 3.05) is 0 Å². The Bertz CT molecular complexity index is 801. The van der Waals surface area contributed by atoms with Crippen LogP contribution in [0.15, 0.2) is 47.4 Å². The van der Waals surface area contributed by atoms with Crippen molar-refractivity contribution in [3.63, 3.8) is 0 Å². The Labute approximate surface area is 143 Å². The first kappa shape index (κ1) is 18.5. The first-order chi connectivity index (χ1) is 11.2. The molecule has 2 rings (SSSR count). The van der Waals surface area contributed by atoms with E-state index in [-0.39, 0.29) is 39.1 Å². The van der Waals surface area contributed by atoms with Crippen molar-refractivity contribution in [1.82, 2.24) is 0 Å². The lowest BCUT2D eigenvalue weighted by atomic mass is 9.88. The summed E-state index contributed by atoms with van der Waals surface area (Å²) in [5, 5.41) is 19.2. The average molecular weight is 368 g/mol. The quantitative estimate of drug-likeness (QED) is 0.454. The Morgan fingerprint density at radius 3 is 2.38 bits per heavy atom. The maximum absolute atomic E-state index is 12.9. The summed E-state index contributed by atoms with van der Waals surface area (Å²) in [5.41, 5.74) is 0.735. The second-order valence-electron chi connectivity index (χ2n) is 5.18. The van der Waals surface area contributed by atoms with Crippen molar-refractivity contribution in [3.8, 4) is 11.5 Å². The molecule has 0 heterocycles. The van der Waals surface area contributed by atoms with E-state index in [4.69, 9.17) is 9.79 Å². The van der Waals surface area contributed by atoms with E-state index in [0.29, 0.717) is 12.0 Å². The molecule has 0 saturated heterocycles. The predicted molar refractivity (Wildman–Crippen MR) is 91.5 cm³/mol. The van der Waals surface area contributed by atoms with E-state index in [1.165, 1.54) is 24.3 Å². The Balaban J connectivity index is 2.46. The normalized spacial score (nSPS) is 12.8. The van der Waals surface area contributed by atoms with Crippen molar-refractivity contribution in [1.29, 1.82) is 0 Å². The van der Waals surface area contributed by atoms with Gasteiger partial charge in [0.15, 0.2) is 5.78 Å². The minimum atomic E-state index is -4.48. The molecule has 0 bridgehead atoms. The highest BCUT2D eigenvalue weighted by molar-refractivity contribution is 8.54. The number of phenols is 2. The van der Waals surface area contributed by atoms with Crippen LogP contribution in [0.4, 0.5) is 0 Å². The van der Waals surface area contributed by atoms with Gasteiger partial charge in [-0.25, -0.2) is 4.57 Å². The number of carbonyl (C=O) groups is 1. The predicted octanol–water partition coefficient (Wildman–Crippen LogP) is 3.66. The van der Waals surface area contributed by atoms with Gasteiger partial charge in [0, 0.05) is 16.4 Å². The first-order valence-electron chi connectivity index (χ1n) is 7.12. The van der Waals surface area contributed by atoms with Crippen LogP contribution in [0.3, 0.4) is 0 Å². The summed E-state index contributed by atoms with van der Waals surface area (Å²) in [6.07, 6.45) is 0.448. The minimum absolute atomic E-state index is 0.0203. The molecular weight excluding hydrogens is 351 g/mol. The summed E-state index contributed by atoms with van der Waals surface area (Å²) in [5.74, 6) is -1.06. The van der Waals surface area contributed by atoms with Gasteiger partial charge in [0.05, 0.1) is 0 Å². The van der Waals surface area contributed by atoms with Crippen molar-refractivity contribution in [2.24, 2.45) is 0 Å². The molecule has 1 atom stereocenters. The highest BCUT2D eigenvalue weighted by Gasteiger charge is 2.26. The summed E-state index contributed by atoms with van der Waals surface area (Å²) in [7, 11) is 0. The molecule has 0 spiro atoms. The fourth-order valence-electron chi connectivity index (χ4n) is 2.42. The van der Waals surface area contributed by atoms with Gasteiger partial charge in [-0.2, -0.15) is 0 Å². The summed E-state index contributed by atoms with van der Waals surface area (Å²) in [6.45, 7) is -2.67. The van der Waals surface area contributed by atoms with Crippen molar-refractivity contribution < 1.29 is 29.4 Å². The molecule has 6 nitrogen and oxygen atoms in total. The zero-order valence-electron chi connectivity index (χ0n) is 12.8. The van der Waals surface area contributed by atoms with Gasteiger partial charge in [-0.15, -0.1) is 0 Å². The summed E-state index contributed by atoms with van der Waals surface area (Å²) in [4.78, 5) is 31.2. The maximum atomic E-state index is 12.9. The van der Waals surface area contributed by atoms with Gasteiger partial charge < -0.3 is 20.0 Å². The number of hydrogen-bond donors (Lipinski definition) is 4. The van der Waals surface area contributed by atoms with Crippen LogP contribution in [0.5, 0.6) is 11.5 Å². The lowest BCUT2D eigenvalue weighted by Crippen LogP contribution is -2.13. The molecule has 24 heavy (non-hydrogen) atoms. The highest BCUT2D eigenvalue weighted by atomic mass is 32.7. The van der Waals surface area contributed by atoms with E-state index in [0.717, 1.165) is 6.07 Å². The van der Waals surface area contributed by atoms with Crippen LogP contribution < -0.4 is 0 Å². The number of carbonyl (C=O) groups excluding carboxylic acids is 1. The second kappa shape index (κ2) is 7.40. The monoisotopic (exact) mass is 368 g/mol. The van der Waals surface area contributed by atoms with Gasteiger partial charge in [-0.1, -0.05) is 19.1 Å². The molecule has 4 N–H and O–H groups in total. The molecule has 1 unspecified atom stereocenters. The fraction of sp³-hybridized carbons (Fsp3) is 0.188. The first-order valence-corrected chi connectivity index (χ1v) is 10.2. The molecule has 0 aliphatic heterocycles. The number of Topliss-reactive ketones (excluding diaryl/α,β-unsaturated/α-hetero) is 1. The molecule has 2 aromatic rings. The number of rotatable bonds is 6. The number of hydrogen-bond acceptors (Lipinski definition) is 5. The van der Waals surface area contributed by atoms with E-state index in [2.05, 4.69) is 0 Å². The Morgan fingerprint density at radius 2 is 1.79 bits per heavy atom. The maximum Gasteiger partial charge on any atom is 0.388 e. The van der Waals surface area contributed by atoms with Gasteiger partial charge in [0.25, 0.3) is 0 Å². The lowest BCUT2D eigenvalue weighted by molar-refractivity contribution is 0.0954. The molecule has 0 aliphatic rings. The van der Waals surface area contributed by atoms with Crippen LogP contribution in [-0.4, -0.2) is 25.8 Å². The Morgan fingerprint density at radius 1 is 1.12 bits per heavy atom. The van der Waals surface area contributed by atoms with E-state index < -0.39 is 12.7 Å². The molecule has 0 saturated carbocycles. The number of benzene rings is 2. The van der Waals surface area contributed by atoms with Crippen LogP contribution in [-0.2, 0) is 4.57 Å². The van der Waals surface area contributed by atoms with Gasteiger partial charge >= 0.3 is 6.80 Å². The van der Waals surface area contributed by atoms with E-state index in [9.17, 15) is 19.6 Å². The second-order valence-corrected chi connectivity index (χ2v) is 8.76. The van der Waals surface area contributed by atoms with Crippen LogP contribution in [0.1, 0.15) is 35.2 Å². The number of ketones is 1. The van der Waals surface area contributed by atoms with Crippen LogP contribution in [0.25, 0.3) is 0 Å². The summed E-state index contributed by atoms with van der Waals surface area (Å²) < 4.78 is 11.3. The highest BCUT2D eigenvalue weighted by Crippen LogP contribution is 2.56. The van der Waals surface area contributed by atoms with Crippen molar-refractivity contribution >= 4 is 24.0 Å². The number of phenolic OH excluding ortho intramolecular Hbond substituents is 2. The van der Waals surface area contributed by atoms with Crippen LogP contribution >= 0.6 is 18.2 Å². The number of aromatic hydroxyl groups is 2. The molecular formula is C16H17O6PS. The van der Waals surface area contributed by atoms with E-state index in [1.54, 1.807) is 12.1 Å². The lowest BCUT2D eigenvalue weighted by Gasteiger charge is -2.17. The summed E-state index contributed by atoms with van der Waals surface area (Å²) >= 11 is 0.233. The van der Waals surface area contributed by atoms with Gasteiger partial charge in [-0.05, 0) is 53.7 Å². The van der Waals surface area contributed by atoms with E-state index in [1.807, 2.05) is 6.92 Å². The third-order valence-electron chi connectivity index (χ3n) is 3.45. The molecule has 8 heteroatoms. The topological polar surface area (TPSA) is 115 Å². The van der Waals surface area contributed by atoms with E-state index >= 15 is 0 Å². The fourth-order valence-corrected chi connectivity index (χ4v) is 4.34. The third kappa shape index (κ3) is 4.61. The van der Waals surface area contributed by atoms with Crippen LogP contribution in [0.2, 0.25) is 0 Å². The Hall–Kier alpha value is -1.79. The van der Waals surface area contributed by atoms with Gasteiger partial charge in [0.2, 0.25) is 0 Å². The van der Waals surface area contributed by atoms with Crippen molar-refractivity contribution in [3.05, 3.63) is 53.6 Å². The molecule has 128 valence electrons. The molecule has 0 aromatic heterocycles. The molecule has 0 amide bonds. The van der Waals surface area contributed by atoms with Gasteiger partial charge in [0.1, 0.15) is 11.5 Å². The third-order valence-corrected chi connectivity index (χ3v) is 5.52. The molecule has 0 radical (unpaired) electrons. The standard InChI is InChI=1S/C16H17O6PS/c1-2-13(10-4-3-5-11(17)8-10)16(19)14-7-6-12(18)9-15(14)24-23(20,21)22/h3-9,13,17-18H,2H2,1H3,(H2,20,21,22). The zero-order chi connectivity index (χ0) is 17.9. The molecule has 0 aliphatic carbocycles. The SMILES string of the molecule is CCC(C(=O)c1ccc(O)cc1SP(=O)(O)O)c1cccc(O)c1. The van der Waals surface area contributed by atoms with Crippen molar-refractivity contribution in [2.45, 2.75) is 24.2 Å². The Kier molecular flexibility index (Phi) is 5.72. The van der Waals surface area contributed by atoms with Crippen LogP contribution in [0, 0.1) is 0 Å².